The lowest BCUT2D eigenvalue weighted by atomic mass is 9.96. The summed E-state index contributed by atoms with van der Waals surface area (Å²) in [6.45, 7) is 9.43. The molecule has 3 heteroatoms. The summed E-state index contributed by atoms with van der Waals surface area (Å²) in [5, 5.41) is 3.52. The van der Waals surface area contributed by atoms with Gasteiger partial charge in [0.2, 0.25) is 0 Å². The Kier molecular flexibility index (Phi) is 6.90. The van der Waals surface area contributed by atoms with Crippen LogP contribution in [0.3, 0.4) is 0 Å². The van der Waals surface area contributed by atoms with E-state index >= 15 is 0 Å². The predicted molar refractivity (Wildman–Crippen MR) is 82.8 cm³/mol. The molecule has 0 aliphatic heterocycles. The number of hydrogen-bond donors (Lipinski definition) is 2. The van der Waals surface area contributed by atoms with Crippen molar-refractivity contribution in [1.29, 1.82) is 0 Å². The summed E-state index contributed by atoms with van der Waals surface area (Å²) in [6.07, 6.45) is 1.07. The summed E-state index contributed by atoms with van der Waals surface area (Å²) in [7, 11) is 0. The van der Waals surface area contributed by atoms with Gasteiger partial charge in [0.1, 0.15) is 0 Å². The van der Waals surface area contributed by atoms with Gasteiger partial charge in [0.15, 0.2) is 0 Å². The summed E-state index contributed by atoms with van der Waals surface area (Å²) in [5.41, 5.74) is 8.53. The van der Waals surface area contributed by atoms with Crippen molar-refractivity contribution in [2.75, 3.05) is 19.6 Å². The zero-order valence-corrected chi connectivity index (χ0v) is 13.3. The lowest BCUT2D eigenvalue weighted by Crippen LogP contribution is -2.32. The van der Waals surface area contributed by atoms with E-state index in [2.05, 4.69) is 60.2 Å². The number of aryl methyl sites for hydroxylation is 1. The van der Waals surface area contributed by atoms with Crippen molar-refractivity contribution in [3.63, 3.8) is 0 Å². The van der Waals surface area contributed by atoms with Crippen molar-refractivity contribution in [2.45, 2.75) is 27.2 Å². The Morgan fingerprint density at radius 1 is 1.33 bits per heavy atom. The topological polar surface area (TPSA) is 38.0 Å². The Hall–Kier alpha value is -0.380. The van der Waals surface area contributed by atoms with Gasteiger partial charge in [-0.15, -0.1) is 0 Å². The van der Waals surface area contributed by atoms with Crippen molar-refractivity contribution in [1.82, 2.24) is 5.32 Å². The molecule has 0 aliphatic carbocycles. The molecule has 0 fully saturated rings. The van der Waals surface area contributed by atoms with Gasteiger partial charge >= 0.3 is 0 Å². The zero-order chi connectivity index (χ0) is 13.5. The van der Waals surface area contributed by atoms with Crippen molar-refractivity contribution in [3.8, 4) is 0 Å². The normalized spacial score (nSPS) is 13.0. The minimum atomic E-state index is 0.577. The van der Waals surface area contributed by atoms with Crippen molar-refractivity contribution in [2.24, 2.45) is 17.6 Å². The fourth-order valence-electron chi connectivity index (χ4n) is 2.01. The largest absolute Gasteiger partial charge is 0.330 e. The van der Waals surface area contributed by atoms with E-state index < -0.39 is 0 Å². The Balaban J connectivity index is 2.35. The molecule has 0 amide bonds. The second kappa shape index (κ2) is 7.93. The molecule has 2 nitrogen and oxygen atoms in total. The van der Waals surface area contributed by atoms with Gasteiger partial charge in [-0.05, 0) is 68.1 Å². The smallest absolute Gasteiger partial charge is 0.0178 e. The van der Waals surface area contributed by atoms with Crippen LogP contribution in [0.5, 0.6) is 0 Å². The zero-order valence-electron chi connectivity index (χ0n) is 11.7. The lowest BCUT2D eigenvalue weighted by molar-refractivity contribution is 0.372. The molecule has 0 aliphatic rings. The van der Waals surface area contributed by atoms with E-state index in [9.17, 15) is 0 Å². The van der Waals surface area contributed by atoms with Gasteiger partial charge in [0, 0.05) is 4.47 Å². The average molecular weight is 313 g/mol. The molecule has 0 radical (unpaired) electrons. The molecule has 1 aromatic rings. The molecule has 0 spiro atoms. The van der Waals surface area contributed by atoms with Gasteiger partial charge in [0.25, 0.3) is 0 Å². The molecule has 0 aromatic heterocycles. The van der Waals surface area contributed by atoms with Crippen LogP contribution < -0.4 is 11.1 Å². The number of hydrogen-bond acceptors (Lipinski definition) is 2. The molecule has 0 saturated carbocycles. The molecule has 1 atom stereocenters. The molecule has 3 N–H and O–H groups in total. The molecule has 0 bridgehead atoms. The molecule has 0 heterocycles. The predicted octanol–water partition coefficient (Wildman–Crippen LogP) is 3.12. The standard InChI is InChI=1S/C15H25BrN2/c1-11(2)14(9-17)10-18-7-6-13-8-15(16)5-4-12(13)3/h4-5,8,11,14,18H,6-7,9-10,17H2,1-3H3. The van der Waals surface area contributed by atoms with Crippen LogP contribution in [0.4, 0.5) is 0 Å². The summed E-state index contributed by atoms with van der Waals surface area (Å²) in [6, 6.07) is 6.46. The van der Waals surface area contributed by atoms with E-state index in [4.69, 9.17) is 5.73 Å². The van der Waals surface area contributed by atoms with Crippen LogP contribution in [-0.4, -0.2) is 19.6 Å². The lowest BCUT2D eigenvalue weighted by Gasteiger charge is -2.19. The van der Waals surface area contributed by atoms with E-state index in [1.54, 1.807) is 0 Å². The third-order valence-corrected chi connectivity index (χ3v) is 4.03. The number of rotatable bonds is 7. The highest BCUT2D eigenvalue weighted by Crippen LogP contribution is 2.16. The van der Waals surface area contributed by atoms with Gasteiger partial charge in [0.05, 0.1) is 0 Å². The minimum Gasteiger partial charge on any atom is -0.330 e. The van der Waals surface area contributed by atoms with Crippen LogP contribution >= 0.6 is 15.9 Å². The summed E-state index contributed by atoms with van der Waals surface area (Å²) in [4.78, 5) is 0. The highest BCUT2D eigenvalue weighted by Gasteiger charge is 2.10. The molecule has 1 unspecified atom stereocenters. The van der Waals surface area contributed by atoms with Crippen LogP contribution in [-0.2, 0) is 6.42 Å². The van der Waals surface area contributed by atoms with Crippen LogP contribution in [0.15, 0.2) is 22.7 Å². The summed E-state index contributed by atoms with van der Waals surface area (Å²) >= 11 is 3.52. The van der Waals surface area contributed by atoms with Crippen LogP contribution in [0.25, 0.3) is 0 Å². The molecule has 102 valence electrons. The molecular formula is C15H25BrN2. The van der Waals surface area contributed by atoms with Crippen LogP contribution in [0, 0.1) is 18.8 Å². The van der Waals surface area contributed by atoms with Crippen molar-refractivity contribution >= 4 is 15.9 Å². The fraction of sp³-hybridized carbons (Fsp3) is 0.600. The van der Waals surface area contributed by atoms with E-state index in [0.717, 1.165) is 30.5 Å². The SMILES string of the molecule is Cc1ccc(Br)cc1CCNCC(CN)C(C)C. The van der Waals surface area contributed by atoms with Crippen molar-refractivity contribution in [3.05, 3.63) is 33.8 Å². The first-order valence-electron chi connectivity index (χ1n) is 6.70. The first-order valence-corrected chi connectivity index (χ1v) is 7.49. The number of benzene rings is 1. The van der Waals surface area contributed by atoms with E-state index in [0.29, 0.717) is 11.8 Å². The van der Waals surface area contributed by atoms with Crippen LogP contribution in [0.1, 0.15) is 25.0 Å². The van der Waals surface area contributed by atoms with Crippen LogP contribution in [0.2, 0.25) is 0 Å². The quantitative estimate of drug-likeness (QED) is 0.759. The van der Waals surface area contributed by atoms with E-state index in [1.165, 1.54) is 11.1 Å². The maximum absolute atomic E-state index is 5.76. The Morgan fingerprint density at radius 2 is 2.06 bits per heavy atom. The van der Waals surface area contributed by atoms with Crippen molar-refractivity contribution < 1.29 is 0 Å². The average Bonchev–Trinajstić information content (AvgIpc) is 2.33. The first-order chi connectivity index (χ1) is 8.54. The molecular weight excluding hydrogens is 288 g/mol. The van der Waals surface area contributed by atoms with Gasteiger partial charge in [-0.1, -0.05) is 35.8 Å². The monoisotopic (exact) mass is 312 g/mol. The highest BCUT2D eigenvalue weighted by atomic mass is 79.9. The van der Waals surface area contributed by atoms with Gasteiger partial charge < -0.3 is 11.1 Å². The fourth-order valence-corrected chi connectivity index (χ4v) is 2.42. The summed E-state index contributed by atoms with van der Waals surface area (Å²) < 4.78 is 1.16. The van der Waals surface area contributed by atoms with E-state index in [1.807, 2.05) is 0 Å². The van der Waals surface area contributed by atoms with Gasteiger partial charge in [-0.3, -0.25) is 0 Å². The number of halogens is 1. The maximum atomic E-state index is 5.76. The van der Waals surface area contributed by atoms with Gasteiger partial charge in [-0.2, -0.15) is 0 Å². The number of nitrogens with two attached hydrogens (primary N) is 1. The molecule has 18 heavy (non-hydrogen) atoms. The summed E-state index contributed by atoms with van der Waals surface area (Å²) in [5.74, 6) is 1.23. The third kappa shape index (κ3) is 5.09. The maximum Gasteiger partial charge on any atom is 0.0178 e. The van der Waals surface area contributed by atoms with Gasteiger partial charge in [-0.25, -0.2) is 0 Å². The Bertz CT molecular complexity index is 364. The Labute approximate surface area is 119 Å². The second-order valence-corrected chi connectivity index (χ2v) is 6.18. The third-order valence-electron chi connectivity index (χ3n) is 3.53. The second-order valence-electron chi connectivity index (χ2n) is 5.26. The minimum absolute atomic E-state index is 0.577. The molecule has 0 saturated heterocycles. The first kappa shape index (κ1) is 15.7. The number of nitrogens with one attached hydrogen (secondary N) is 1. The van der Waals surface area contributed by atoms with E-state index in [-0.39, 0.29) is 0 Å². The molecule has 1 rings (SSSR count). The Morgan fingerprint density at radius 3 is 2.67 bits per heavy atom. The molecule has 1 aromatic carbocycles. The highest BCUT2D eigenvalue weighted by molar-refractivity contribution is 9.10.